The Bertz CT molecular complexity index is 1050. The van der Waals surface area contributed by atoms with Crippen LogP contribution in [0.2, 0.25) is 0 Å². The standard InChI is InChI=1S/C21H17NO5/c23-16-12-18(26-17-9-5-4-8-15(16)17)21(25)27-19(13-6-2-1-3-7-13)20(24)22-14-10-11-14/h1-9,12,14,19H,10-11H2,(H,22,24)/t19-/m1/s1. The van der Waals surface area contributed by atoms with Crippen molar-refractivity contribution in [2.45, 2.75) is 25.0 Å². The molecular weight excluding hydrogens is 346 g/mol. The largest absolute Gasteiger partial charge is 0.449 e. The molecule has 1 heterocycles. The molecule has 0 radical (unpaired) electrons. The maximum absolute atomic E-state index is 12.6. The van der Waals surface area contributed by atoms with Crippen molar-refractivity contribution in [2.75, 3.05) is 0 Å². The summed E-state index contributed by atoms with van der Waals surface area (Å²) >= 11 is 0. The Morgan fingerprint density at radius 2 is 1.74 bits per heavy atom. The molecule has 3 aromatic rings. The predicted molar refractivity (Wildman–Crippen MR) is 98.2 cm³/mol. The van der Waals surface area contributed by atoms with Gasteiger partial charge in [-0.15, -0.1) is 0 Å². The molecule has 2 aromatic carbocycles. The van der Waals surface area contributed by atoms with Crippen LogP contribution in [-0.2, 0) is 9.53 Å². The minimum absolute atomic E-state index is 0.126. The Morgan fingerprint density at radius 3 is 2.48 bits per heavy atom. The van der Waals surface area contributed by atoms with E-state index in [1.54, 1.807) is 48.5 Å². The molecule has 4 rings (SSSR count). The number of fused-ring (bicyclic) bond motifs is 1. The van der Waals surface area contributed by atoms with Crippen molar-refractivity contribution >= 4 is 22.8 Å². The summed E-state index contributed by atoms with van der Waals surface area (Å²) in [6.07, 6.45) is 0.720. The van der Waals surface area contributed by atoms with Gasteiger partial charge in [-0.3, -0.25) is 9.59 Å². The van der Waals surface area contributed by atoms with Gasteiger partial charge in [0, 0.05) is 17.7 Å². The Labute approximate surface area is 154 Å². The molecule has 0 bridgehead atoms. The highest BCUT2D eigenvalue weighted by Gasteiger charge is 2.31. The van der Waals surface area contributed by atoms with Crippen molar-refractivity contribution in [2.24, 2.45) is 0 Å². The van der Waals surface area contributed by atoms with Crippen LogP contribution in [0.3, 0.4) is 0 Å². The van der Waals surface area contributed by atoms with E-state index in [0.717, 1.165) is 18.9 Å². The normalized spacial score (nSPS) is 14.5. The molecule has 6 nitrogen and oxygen atoms in total. The summed E-state index contributed by atoms with van der Waals surface area (Å²) in [5.41, 5.74) is 0.491. The number of carbonyl (C=O) groups excluding carboxylic acids is 2. The maximum Gasteiger partial charge on any atom is 0.375 e. The van der Waals surface area contributed by atoms with E-state index in [2.05, 4.69) is 5.32 Å². The SMILES string of the molecule is O=C(O[C@@H](C(=O)NC1CC1)c1ccccc1)c1cc(=O)c2ccccc2o1. The van der Waals surface area contributed by atoms with Crippen molar-refractivity contribution < 1.29 is 18.7 Å². The topological polar surface area (TPSA) is 85.6 Å². The third-order valence-corrected chi connectivity index (χ3v) is 4.32. The van der Waals surface area contributed by atoms with Crippen LogP contribution in [0, 0.1) is 0 Å². The zero-order chi connectivity index (χ0) is 18.8. The number of amides is 1. The van der Waals surface area contributed by atoms with Gasteiger partial charge in [0.2, 0.25) is 11.9 Å². The van der Waals surface area contributed by atoms with Gasteiger partial charge in [-0.25, -0.2) is 4.79 Å². The molecule has 6 heteroatoms. The monoisotopic (exact) mass is 363 g/mol. The highest BCUT2D eigenvalue weighted by Crippen LogP contribution is 2.24. The first-order valence-electron chi connectivity index (χ1n) is 8.71. The van der Waals surface area contributed by atoms with E-state index in [9.17, 15) is 14.4 Å². The average Bonchev–Trinajstić information content (AvgIpc) is 3.50. The van der Waals surface area contributed by atoms with Crippen LogP contribution in [0.15, 0.2) is 69.9 Å². The van der Waals surface area contributed by atoms with Crippen LogP contribution in [0.1, 0.15) is 35.1 Å². The highest BCUT2D eigenvalue weighted by molar-refractivity contribution is 5.92. The molecule has 1 aliphatic carbocycles. The molecule has 1 amide bonds. The molecule has 0 spiro atoms. The van der Waals surface area contributed by atoms with E-state index in [1.165, 1.54) is 0 Å². The van der Waals surface area contributed by atoms with Gasteiger partial charge in [-0.05, 0) is 25.0 Å². The second kappa shape index (κ2) is 7.07. The van der Waals surface area contributed by atoms with E-state index >= 15 is 0 Å². The second-order valence-corrected chi connectivity index (χ2v) is 6.45. The minimum atomic E-state index is -1.11. The first-order valence-corrected chi connectivity index (χ1v) is 8.71. The van der Waals surface area contributed by atoms with E-state index in [-0.39, 0.29) is 28.7 Å². The lowest BCUT2D eigenvalue weighted by Gasteiger charge is -2.17. The predicted octanol–water partition coefficient (Wildman–Crippen LogP) is 2.97. The summed E-state index contributed by atoms with van der Waals surface area (Å²) < 4.78 is 10.9. The summed E-state index contributed by atoms with van der Waals surface area (Å²) in [6, 6.07) is 16.6. The Balaban J connectivity index is 1.63. The highest BCUT2D eigenvalue weighted by atomic mass is 16.6. The van der Waals surface area contributed by atoms with E-state index < -0.39 is 12.1 Å². The number of benzene rings is 2. The van der Waals surface area contributed by atoms with Gasteiger partial charge in [0.15, 0.2) is 5.43 Å². The van der Waals surface area contributed by atoms with Gasteiger partial charge in [0.1, 0.15) is 5.58 Å². The summed E-state index contributed by atoms with van der Waals surface area (Å²) in [5.74, 6) is -1.49. The number of carbonyl (C=O) groups is 2. The molecule has 1 aliphatic rings. The van der Waals surface area contributed by atoms with Crippen molar-refractivity contribution in [3.05, 3.63) is 82.2 Å². The number of rotatable bonds is 5. The van der Waals surface area contributed by atoms with Gasteiger partial charge in [0.05, 0.1) is 5.39 Å². The fourth-order valence-electron chi connectivity index (χ4n) is 2.77. The molecule has 0 aliphatic heterocycles. The molecule has 27 heavy (non-hydrogen) atoms. The van der Waals surface area contributed by atoms with Crippen LogP contribution >= 0.6 is 0 Å². The van der Waals surface area contributed by atoms with Crippen molar-refractivity contribution in [1.29, 1.82) is 0 Å². The summed E-state index contributed by atoms with van der Waals surface area (Å²) in [5, 5.41) is 3.22. The zero-order valence-corrected chi connectivity index (χ0v) is 14.4. The zero-order valence-electron chi connectivity index (χ0n) is 14.4. The van der Waals surface area contributed by atoms with E-state index in [0.29, 0.717) is 10.9 Å². The number of nitrogens with one attached hydrogen (secondary N) is 1. The fourth-order valence-corrected chi connectivity index (χ4v) is 2.77. The fraction of sp³-hybridized carbons (Fsp3) is 0.190. The second-order valence-electron chi connectivity index (χ2n) is 6.45. The Morgan fingerprint density at radius 1 is 1.04 bits per heavy atom. The molecule has 1 N–H and O–H groups in total. The summed E-state index contributed by atoms with van der Waals surface area (Å²) in [7, 11) is 0. The molecule has 0 unspecified atom stereocenters. The van der Waals surface area contributed by atoms with Crippen LogP contribution in [0.5, 0.6) is 0 Å². The molecule has 136 valence electrons. The molecule has 1 fully saturated rings. The van der Waals surface area contributed by atoms with E-state index in [4.69, 9.17) is 9.15 Å². The third kappa shape index (κ3) is 3.74. The Kier molecular flexibility index (Phi) is 4.46. The number of esters is 1. The van der Waals surface area contributed by atoms with Gasteiger partial charge >= 0.3 is 5.97 Å². The number of ether oxygens (including phenoxy) is 1. The third-order valence-electron chi connectivity index (χ3n) is 4.32. The minimum Gasteiger partial charge on any atom is -0.449 e. The number of hydrogen-bond donors (Lipinski definition) is 1. The number of para-hydroxylation sites is 1. The van der Waals surface area contributed by atoms with Crippen LogP contribution < -0.4 is 10.7 Å². The van der Waals surface area contributed by atoms with Gasteiger partial charge < -0.3 is 14.5 Å². The van der Waals surface area contributed by atoms with Gasteiger partial charge in [-0.1, -0.05) is 42.5 Å². The molecule has 1 saturated carbocycles. The smallest absolute Gasteiger partial charge is 0.375 e. The van der Waals surface area contributed by atoms with Crippen molar-refractivity contribution in [3.8, 4) is 0 Å². The lowest BCUT2D eigenvalue weighted by atomic mass is 10.1. The van der Waals surface area contributed by atoms with Gasteiger partial charge in [-0.2, -0.15) is 0 Å². The first-order chi connectivity index (χ1) is 13.1. The molecular formula is C21H17NO5. The van der Waals surface area contributed by atoms with Crippen LogP contribution in [-0.4, -0.2) is 17.9 Å². The van der Waals surface area contributed by atoms with Crippen molar-refractivity contribution in [3.63, 3.8) is 0 Å². The van der Waals surface area contributed by atoms with Crippen molar-refractivity contribution in [1.82, 2.24) is 5.32 Å². The molecule has 0 saturated heterocycles. The number of hydrogen-bond acceptors (Lipinski definition) is 5. The molecule has 1 atom stereocenters. The maximum atomic E-state index is 12.6. The summed E-state index contributed by atoms with van der Waals surface area (Å²) in [6.45, 7) is 0. The first kappa shape index (κ1) is 17.0. The Hall–Kier alpha value is -3.41. The van der Waals surface area contributed by atoms with Crippen LogP contribution in [0.4, 0.5) is 0 Å². The van der Waals surface area contributed by atoms with Gasteiger partial charge in [0.25, 0.3) is 5.91 Å². The summed E-state index contributed by atoms with van der Waals surface area (Å²) in [4.78, 5) is 37.4. The quantitative estimate of drug-likeness (QED) is 0.705. The molecule has 1 aromatic heterocycles. The van der Waals surface area contributed by atoms with E-state index in [1.807, 2.05) is 6.07 Å². The van der Waals surface area contributed by atoms with Crippen LogP contribution in [0.25, 0.3) is 11.0 Å². The lowest BCUT2D eigenvalue weighted by Crippen LogP contribution is -2.33. The average molecular weight is 363 g/mol. The lowest BCUT2D eigenvalue weighted by molar-refractivity contribution is -0.130.